The third-order valence-corrected chi connectivity index (χ3v) is 4.24. The van der Waals surface area contributed by atoms with Gasteiger partial charge in [0.15, 0.2) is 0 Å². The van der Waals surface area contributed by atoms with Crippen LogP contribution in [0.15, 0.2) is 28.9 Å². The van der Waals surface area contributed by atoms with E-state index in [2.05, 4.69) is 26.2 Å². The molecule has 6 heteroatoms. The number of aromatic nitrogens is 1. The van der Waals surface area contributed by atoms with Crippen LogP contribution in [0.2, 0.25) is 9.36 Å². The average Bonchev–Trinajstić information content (AvgIpc) is 2.66. The molecule has 1 aromatic heterocycles. The molecule has 0 radical (unpaired) electrons. The molecule has 0 fully saturated rings. The molecule has 0 aliphatic carbocycles. The molecule has 0 bridgehead atoms. The Morgan fingerprint density at radius 2 is 2.19 bits per heavy atom. The van der Waals surface area contributed by atoms with E-state index in [9.17, 15) is 0 Å². The van der Waals surface area contributed by atoms with Crippen molar-refractivity contribution in [1.29, 1.82) is 0 Å². The summed E-state index contributed by atoms with van der Waals surface area (Å²) in [6.07, 6.45) is 1.65. The predicted molar refractivity (Wildman–Crippen MR) is 73.6 cm³/mol. The second-order valence-corrected chi connectivity index (χ2v) is 6.05. The number of nitrogens with zero attached hydrogens (tertiary/aromatic N) is 1. The Morgan fingerprint density at radius 1 is 1.38 bits per heavy atom. The summed E-state index contributed by atoms with van der Waals surface area (Å²) in [5.41, 5.74) is 0.958. The van der Waals surface area contributed by atoms with E-state index in [0.29, 0.717) is 15.9 Å². The van der Waals surface area contributed by atoms with Gasteiger partial charge in [0.05, 0.1) is 17.8 Å². The zero-order chi connectivity index (χ0) is 11.5. The average molecular weight is 338 g/mol. The highest BCUT2D eigenvalue weighted by molar-refractivity contribution is 9.10. The second kappa shape index (κ2) is 5.36. The minimum absolute atomic E-state index is 0.648. The molecule has 0 saturated carbocycles. The Bertz CT molecular complexity index is 501. The highest BCUT2D eigenvalue weighted by Crippen LogP contribution is 2.26. The molecule has 2 rings (SSSR count). The van der Waals surface area contributed by atoms with Crippen LogP contribution in [-0.4, -0.2) is 4.98 Å². The van der Waals surface area contributed by atoms with Crippen molar-refractivity contribution in [1.82, 2.24) is 4.98 Å². The fraction of sp³-hybridized carbons (Fsp3) is 0.100. The number of hydrogen-bond acceptors (Lipinski definition) is 3. The van der Waals surface area contributed by atoms with Gasteiger partial charge in [0, 0.05) is 10.2 Å². The maximum Gasteiger partial charge on any atom is 0.113 e. The van der Waals surface area contributed by atoms with E-state index < -0.39 is 0 Å². The molecule has 1 aromatic carbocycles. The Kier molecular flexibility index (Phi) is 4.08. The van der Waals surface area contributed by atoms with Gasteiger partial charge in [0.2, 0.25) is 0 Å². The van der Waals surface area contributed by atoms with Gasteiger partial charge >= 0.3 is 0 Å². The normalized spacial score (nSPS) is 10.4. The van der Waals surface area contributed by atoms with Gasteiger partial charge in [-0.3, -0.25) is 0 Å². The maximum absolute atomic E-state index is 5.98. The van der Waals surface area contributed by atoms with E-state index in [1.54, 1.807) is 6.20 Å². The summed E-state index contributed by atoms with van der Waals surface area (Å²) in [6, 6.07) is 5.71. The van der Waals surface area contributed by atoms with Crippen molar-refractivity contribution in [3.05, 3.63) is 43.2 Å². The number of benzene rings is 1. The van der Waals surface area contributed by atoms with Crippen LogP contribution >= 0.6 is 50.5 Å². The fourth-order valence-corrected chi connectivity index (χ4v) is 2.48. The third kappa shape index (κ3) is 3.10. The zero-order valence-corrected chi connectivity index (χ0v) is 11.9. The lowest BCUT2D eigenvalue weighted by molar-refractivity contribution is 1.10. The lowest BCUT2D eigenvalue weighted by atomic mass is 10.3. The largest absolute Gasteiger partial charge is 0.378 e. The molecule has 0 aliphatic heterocycles. The van der Waals surface area contributed by atoms with Gasteiger partial charge in [-0.15, -0.1) is 11.3 Å². The molecule has 84 valence electrons. The monoisotopic (exact) mass is 336 g/mol. The third-order valence-electron chi connectivity index (χ3n) is 1.89. The molecule has 0 atom stereocenters. The summed E-state index contributed by atoms with van der Waals surface area (Å²) < 4.78 is 1.59. The SMILES string of the molecule is Clc1cnc(CNc2ccc(Br)c(Cl)c2)s1. The predicted octanol–water partition coefficient (Wildman–Crippen LogP) is 4.82. The second-order valence-electron chi connectivity index (χ2n) is 3.04. The van der Waals surface area contributed by atoms with Gasteiger partial charge in [-0.05, 0) is 34.1 Å². The van der Waals surface area contributed by atoms with E-state index in [1.807, 2.05) is 18.2 Å². The number of halogens is 3. The molecule has 0 unspecified atom stereocenters. The first kappa shape index (κ1) is 12.2. The molecule has 0 saturated heterocycles. The maximum atomic E-state index is 5.98. The van der Waals surface area contributed by atoms with Gasteiger partial charge < -0.3 is 5.32 Å². The van der Waals surface area contributed by atoms with Gasteiger partial charge in [-0.1, -0.05) is 23.2 Å². The Labute approximate surface area is 116 Å². The molecule has 0 amide bonds. The van der Waals surface area contributed by atoms with Crippen molar-refractivity contribution in [2.24, 2.45) is 0 Å². The van der Waals surface area contributed by atoms with Crippen molar-refractivity contribution >= 4 is 56.2 Å². The topological polar surface area (TPSA) is 24.9 Å². The van der Waals surface area contributed by atoms with Crippen LogP contribution in [0, 0.1) is 0 Å². The van der Waals surface area contributed by atoms with Crippen LogP contribution in [-0.2, 0) is 6.54 Å². The summed E-state index contributed by atoms with van der Waals surface area (Å²) >= 11 is 16.6. The Balaban J connectivity index is 2.02. The molecule has 2 aromatic rings. The molecule has 0 aliphatic rings. The number of rotatable bonds is 3. The number of anilines is 1. The van der Waals surface area contributed by atoms with Gasteiger partial charge in [0.1, 0.15) is 9.34 Å². The molecule has 1 N–H and O–H groups in total. The number of hydrogen-bond donors (Lipinski definition) is 1. The van der Waals surface area contributed by atoms with Gasteiger partial charge in [-0.2, -0.15) is 0 Å². The summed E-state index contributed by atoms with van der Waals surface area (Å²) in [5, 5.41) is 4.86. The highest BCUT2D eigenvalue weighted by Gasteiger charge is 2.01. The van der Waals surface area contributed by atoms with Crippen LogP contribution in [0.25, 0.3) is 0 Å². The van der Waals surface area contributed by atoms with Crippen molar-refractivity contribution in [3.8, 4) is 0 Å². The van der Waals surface area contributed by atoms with E-state index in [4.69, 9.17) is 23.2 Å². The number of nitrogens with one attached hydrogen (secondary N) is 1. The fourth-order valence-electron chi connectivity index (χ4n) is 1.15. The first-order valence-electron chi connectivity index (χ1n) is 4.44. The van der Waals surface area contributed by atoms with Crippen LogP contribution in [0.1, 0.15) is 5.01 Å². The molecule has 1 heterocycles. The summed E-state index contributed by atoms with van der Waals surface area (Å²) in [5.74, 6) is 0. The summed E-state index contributed by atoms with van der Waals surface area (Å²) in [6.45, 7) is 0.648. The smallest absolute Gasteiger partial charge is 0.113 e. The standard InChI is InChI=1S/C10H7BrCl2N2S/c11-7-2-1-6(3-8(7)12)14-5-10-15-4-9(13)16-10/h1-4,14H,5H2. The molecule has 16 heavy (non-hydrogen) atoms. The quantitative estimate of drug-likeness (QED) is 0.868. The number of thiazole rings is 1. The summed E-state index contributed by atoms with van der Waals surface area (Å²) in [4.78, 5) is 4.15. The summed E-state index contributed by atoms with van der Waals surface area (Å²) in [7, 11) is 0. The molecule has 2 nitrogen and oxygen atoms in total. The van der Waals surface area contributed by atoms with Crippen LogP contribution in [0.5, 0.6) is 0 Å². The van der Waals surface area contributed by atoms with Crippen LogP contribution in [0.4, 0.5) is 5.69 Å². The molecule has 0 spiro atoms. The van der Waals surface area contributed by atoms with Crippen LogP contribution in [0.3, 0.4) is 0 Å². The zero-order valence-electron chi connectivity index (χ0n) is 8.01. The highest BCUT2D eigenvalue weighted by atomic mass is 79.9. The lowest BCUT2D eigenvalue weighted by Crippen LogP contribution is -1.98. The minimum atomic E-state index is 0.648. The Hall–Kier alpha value is -0.290. The van der Waals surface area contributed by atoms with Gasteiger partial charge in [0.25, 0.3) is 0 Å². The molecular weight excluding hydrogens is 331 g/mol. The first-order chi connectivity index (χ1) is 7.65. The van der Waals surface area contributed by atoms with Crippen molar-refractivity contribution < 1.29 is 0 Å². The van der Waals surface area contributed by atoms with E-state index in [1.165, 1.54) is 11.3 Å². The van der Waals surface area contributed by atoms with Crippen molar-refractivity contribution in [3.63, 3.8) is 0 Å². The van der Waals surface area contributed by atoms with Crippen molar-refractivity contribution in [2.75, 3.05) is 5.32 Å². The van der Waals surface area contributed by atoms with Gasteiger partial charge in [-0.25, -0.2) is 4.98 Å². The lowest BCUT2D eigenvalue weighted by Gasteiger charge is -2.05. The van der Waals surface area contributed by atoms with E-state index in [-0.39, 0.29) is 0 Å². The van der Waals surface area contributed by atoms with Crippen molar-refractivity contribution in [2.45, 2.75) is 6.54 Å². The Morgan fingerprint density at radius 3 is 2.81 bits per heavy atom. The molecular formula is C10H7BrCl2N2S. The van der Waals surface area contributed by atoms with Crippen LogP contribution < -0.4 is 5.32 Å². The van der Waals surface area contributed by atoms with E-state index in [0.717, 1.165) is 15.2 Å². The first-order valence-corrected chi connectivity index (χ1v) is 6.81. The minimum Gasteiger partial charge on any atom is -0.378 e. The van der Waals surface area contributed by atoms with E-state index >= 15 is 0 Å².